The van der Waals surface area contributed by atoms with E-state index in [1.807, 2.05) is 7.11 Å². The molecule has 1 aliphatic carbocycles. The first-order valence-corrected chi connectivity index (χ1v) is 7.49. The minimum absolute atomic E-state index is 0.363. The third-order valence-corrected chi connectivity index (χ3v) is 4.37. The van der Waals surface area contributed by atoms with Crippen LogP contribution >= 0.6 is 0 Å². The third kappa shape index (κ3) is 4.22. The molecule has 0 aromatic carbocycles. The zero-order valence-electron chi connectivity index (χ0n) is 12.5. The van der Waals surface area contributed by atoms with Crippen LogP contribution in [0.1, 0.15) is 40.0 Å². The largest absolute Gasteiger partial charge is 0.380 e. The first-order valence-electron chi connectivity index (χ1n) is 7.49. The van der Waals surface area contributed by atoms with Crippen molar-refractivity contribution in [2.45, 2.75) is 52.2 Å². The second-order valence-corrected chi connectivity index (χ2v) is 7.09. The quantitative estimate of drug-likeness (QED) is 0.786. The molecule has 2 aliphatic rings. The minimum atomic E-state index is 0.363. The highest BCUT2D eigenvalue weighted by Crippen LogP contribution is 2.25. The number of ether oxygens (including phenoxy) is 1. The summed E-state index contributed by atoms with van der Waals surface area (Å²) in [5.41, 5.74) is 0.363. The molecule has 1 N–H and O–H groups in total. The highest BCUT2D eigenvalue weighted by Gasteiger charge is 2.31. The predicted molar refractivity (Wildman–Crippen MR) is 75.8 cm³/mol. The van der Waals surface area contributed by atoms with Crippen molar-refractivity contribution in [1.29, 1.82) is 0 Å². The smallest absolute Gasteiger partial charge is 0.0724 e. The standard InChI is InChI=1S/C15H30N2O/c1-12-7-8-17(9-14(12)18-4)11-15(2,3)10-16-13-5-6-13/h12-14,16H,5-11H2,1-4H3. The van der Waals surface area contributed by atoms with E-state index >= 15 is 0 Å². The van der Waals surface area contributed by atoms with Crippen molar-refractivity contribution in [2.75, 3.05) is 33.3 Å². The van der Waals surface area contributed by atoms with Crippen LogP contribution in [0.2, 0.25) is 0 Å². The molecule has 1 saturated heterocycles. The van der Waals surface area contributed by atoms with E-state index in [4.69, 9.17) is 4.74 Å². The lowest BCUT2D eigenvalue weighted by atomic mass is 9.89. The normalized spacial score (nSPS) is 30.7. The molecule has 1 aliphatic heterocycles. The predicted octanol–water partition coefficient (Wildman–Crippen LogP) is 2.12. The fourth-order valence-corrected chi connectivity index (χ4v) is 2.92. The van der Waals surface area contributed by atoms with Gasteiger partial charge in [0.05, 0.1) is 6.10 Å². The van der Waals surface area contributed by atoms with E-state index in [9.17, 15) is 0 Å². The van der Waals surface area contributed by atoms with E-state index in [1.165, 1.54) is 32.4 Å². The van der Waals surface area contributed by atoms with E-state index in [1.54, 1.807) is 0 Å². The number of hydrogen-bond acceptors (Lipinski definition) is 3. The summed E-state index contributed by atoms with van der Waals surface area (Å²) in [6.07, 6.45) is 4.45. The zero-order chi connectivity index (χ0) is 13.2. The van der Waals surface area contributed by atoms with Gasteiger partial charge in [0, 0.05) is 32.8 Å². The first-order chi connectivity index (χ1) is 8.50. The van der Waals surface area contributed by atoms with Gasteiger partial charge in [-0.2, -0.15) is 0 Å². The van der Waals surface area contributed by atoms with Gasteiger partial charge in [-0.15, -0.1) is 0 Å². The summed E-state index contributed by atoms with van der Waals surface area (Å²) in [7, 11) is 1.85. The summed E-state index contributed by atoms with van der Waals surface area (Å²) in [5, 5.41) is 3.66. The van der Waals surface area contributed by atoms with Crippen molar-refractivity contribution in [1.82, 2.24) is 10.2 Å². The average Bonchev–Trinajstić information content (AvgIpc) is 3.13. The molecule has 2 rings (SSSR count). The maximum Gasteiger partial charge on any atom is 0.0724 e. The molecule has 1 saturated carbocycles. The molecule has 2 fully saturated rings. The molecule has 18 heavy (non-hydrogen) atoms. The van der Waals surface area contributed by atoms with Gasteiger partial charge in [-0.1, -0.05) is 20.8 Å². The number of rotatable bonds is 6. The van der Waals surface area contributed by atoms with Crippen molar-refractivity contribution in [3.05, 3.63) is 0 Å². The Morgan fingerprint density at radius 2 is 2.00 bits per heavy atom. The van der Waals surface area contributed by atoms with Crippen LogP contribution in [0.15, 0.2) is 0 Å². The van der Waals surface area contributed by atoms with Crippen LogP contribution in [0.25, 0.3) is 0 Å². The average molecular weight is 254 g/mol. The Morgan fingerprint density at radius 1 is 1.28 bits per heavy atom. The van der Waals surface area contributed by atoms with Gasteiger partial charge in [-0.05, 0) is 37.1 Å². The molecule has 106 valence electrons. The van der Waals surface area contributed by atoms with Crippen molar-refractivity contribution in [3.63, 3.8) is 0 Å². The number of likely N-dealkylation sites (tertiary alicyclic amines) is 1. The second-order valence-electron chi connectivity index (χ2n) is 7.09. The summed E-state index contributed by atoms with van der Waals surface area (Å²) in [4.78, 5) is 2.59. The zero-order valence-corrected chi connectivity index (χ0v) is 12.5. The molecule has 2 atom stereocenters. The van der Waals surface area contributed by atoms with Gasteiger partial charge < -0.3 is 15.0 Å². The summed E-state index contributed by atoms with van der Waals surface area (Å²) >= 11 is 0. The van der Waals surface area contributed by atoms with E-state index in [-0.39, 0.29) is 0 Å². The highest BCUT2D eigenvalue weighted by molar-refractivity contribution is 4.87. The van der Waals surface area contributed by atoms with Gasteiger partial charge >= 0.3 is 0 Å². The van der Waals surface area contributed by atoms with E-state index in [2.05, 4.69) is 31.0 Å². The Hall–Kier alpha value is -0.120. The van der Waals surface area contributed by atoms with Crippen molar-refractivity contribution < 1.29 is 4.74 Å². The number of nitrogens with zero attached hydrogens (tertiary/aromatic N) is 1. The Labute approximate surface area is 112 Å². The Kier molecular flexibility index (Phi) is 4.68. The van der Waals surface area contributed by atoms with Crippen LogP contribution < -0.4 is 5.32 Å². The number of nitrogens with one attached hydrogen (secondary N) is 1. The van der Waals surface area contributed by atoms with Gasteiger partial charge in [0.1, 0.15) is 0 Å². The van der Waals surface area contributed by atoms with Crippen LogP contribution in [-0.4, -0.2) is 50.3 Å². The van der Waals surface area contributed by atoms with Gasteiger partial charge in [-0.25, -0.2) is 0 Å². The molecular formula is C15H30N2O. The molecule has 0 aromatic heterocycles. The molecule has 3 heteroatoms. The van der Waals surface area contributed by atoms with Gasteiger partial charge in [0.15, 0.2) is 0 Å². The topological polar surface area (TPSA) is 24.5 Å². The number of piperidine rings is 1. The lowest BCUT2D eigenvalue weighted by Crippen LogP contribution is -2.49. The monoisotopic (exact) mass is 254 g/mol. The van der Waals surface area contributed by atoms with Gasteiger partial charge in [0.25, 0.3) is 0 Å². The van der Waals surface area contributed by atoms with Crippen molar-refractivity contribution >= 4 is 0 Å². The van der Waals surface area contributed by atoms with Gasteiger partial charge in [-0.3, -0.25) is 0 Å². The van der Waals surface area contributed by atoms with E-state index < -0.39 is 0 Å². The van der Waals surface area contributed by atoms with Gasteiger partial charge in [0.2, 0.25) is 0 Å². The minimum Gasteiger partial charge on any atom is -0.380 e. The van der Waals surface area contributed by atoms with Crippen LogP contribution in [0, 0.1) is 11.3 Å². The maximum atomic E-state index is 5.60. The first kappa shape index (κ1) is 14.3. The molecular weight excluding hydrogens is 224 g/mol. The Bertz CT molecular complexity index is 263. The summed E-state index contributed by atoms with van der Waals surface area (Å²) < 4.78 is 5.60. The summed E-state index contributed by atoms with van der Waals surface area (Å²) in [6.45, 7) is 11.7. The SMILES string of the molecule is COC1CN(CC(C)(C)CNC2CC2)CCC1C. The van der Waals surface area contributed by atoms with Crippen LogP contribution in [0.3, 0.4) is 0 Å². The van der Waals surface area contributed by atoms with Crippen LogP contribution in [0.5, 0.6) is 0 Å². The lowest BCUT2D eigenvalue weighted by molar-refractivity contribution is -0.0149. The highest BCUT2D eigenvalue weighted by atomic mass is 16.5. The van der Waals surface area contributed by atoms with E-state index in [0.717, 1.165) is 19.1 Å². The Balaban J connectivity index is 1.76. The van der Waals surface area contributed by atoms with Crippen LogP contribution in [0.4, 0.5) is 0 Å². The molecule has 1 heterocycles. The molecule has 0 aromatic rings. The fourth-order valence-electron chi connectivity index (χ4n) is 2.92. The Morgan fingerprint density at radius 3 is 2.61 bits per heavy atom. The maximum absolute atomic E-state index is 5.60. The number of methoxy groups -OCH3 is 1. The third-order valence-electron chi connectivity index (χ3n) is 4.37. The summed E-state index contributed by atoms with van der Waals surface area (Å²) in [5.74, 6) is 0.707. The lowest BCUT2D eigenvalue weighted by Gasteiger charge is -2.40. The fraction of sp³-hybridized carbons (Fsp3) is 1.00. The second kappa shape index (κ2) is 5.89. The molecule has 0 amide bonds. The molecule has 0 bridgehead atoms. The van der Waals surface area contributed by atoms with E-state index in [0.29, 0.717) is 17.4 Å². The molecule has 3 nitrogen and oxygen atoms in total. The van der Waals surface area contributed by atoms with Crippen molar-refractivity contribution in [3.8, 4) is 0 Å². The molecule has 0 spiro atoms. The van der Waals surface area contributed by atoms with Crippen molar-refractivity contribution in [2.24, 2.45) is 11.3 Å². The molecule has 0 radical (unpaired) electrons. The summed E-state index contributed by atoms with van der Waals surface area (Å²) in [6, 6.07) is 0.817. The molecule has 2 unspecified atom stereocenters. The number of hydrogen-bond donors (Lipinski definition) is 1. The van der Waals surface area contributed by atoms with Crippen LogP contribution in [-0.2, 0) is 4.74 Å².